The van der Waals surface area contributed by atoms with Crippen molar-refractivity contribution in [2.45, 2.75) is 12.8 Å². The van der Waals surface area contributed by atoms with Crippen LogP contribution in [-0.4, -0.2) is 30.6 Å². The molecule has 0 bridgehead atoms. The number of rotatable bonds is 8. The highest BCUT2D eigenvalue weighted by Gasteiger charge is 2.08. The predicted octanol–water partition coefficient (Wildman–Crippen LogP) is 1.50. The second-order valence-electron chi connectivity index (χ2n) is 4.30. The number of nitrogens with zero attached hydrogens (tertiary/aromatic N) is 1. The fourth-order valence-corrected chi connectivity index (χ4v) is 1.53. The van der Waals surface area contributed by atoms with Crippen LogP contribution in [0, 0.1) is 11.3 Å². The van der Waals surface area contributed by atoms with Gasteiger partial charge in [0.25, 0.3) is 5.91 Å². The summed E-state index contributed by atoms with van der Waals surface area (Å²) in [6.07, 6.45) is 1.58. The van der Waals surface area contributed by atoms with E-state index < -0.39 is 11.9 Å². The Balaban J connectivity index is 2.52. The fraction of sp³-hybridized carbons (Fsp3) is 0.267. The zero-order chi connectivity index (χ0) is 16.4. The van der Waals surface area contributed by atoms with Gasteiger partial charge < -0.3 is 20.5 Å². The molecule has 0 atom stereocenters. The first kappa shape index (κ1) is 17.0. The first-order chi connectivity index (χ1) is 10.6. The number of aliphatic carboxylic acids is 1. The Hall–Kier alpha value is -3.01. The topological polar surface area (TPSA) is 111 Å². The molecule has 116 valence electrons. The van der Waals surface area contributed by atoms with Crippen LogP contribution in [0.4, 0.5) is 5.69 Å². The van der Waals surface area contributed by atoms with Crippen LogP contribution in [0.15, 0.2) is 36.0 Å². The Labute approximate surface area is 128 Å². The summed E-state index contributed by atoms with van der Waals surface area (Å²) in [5.41, 5.74) is 0.610. The van der Waals surface area contributed by atoms with E-state index in [4.69, 9.17) is 15.1 Å². The molecule has 0 fully saturated rings. The highest BCUT2D eigenvalue weighted by atomic mass is 16.5. The molecular formula is C15H17N3O4. The lowest BCUT2D eigenvalue weighted by Crippen LogP contribution is -2.26. The fourth-order valence-electron chi connectivity index (χ4n) is 1.53. The Morgan fingerprint density at radius 3 is 2.59 bits per heavy atom. The quantitative estimate of drug-likeness (QED) is 0.381. The van der Waals surface area contributed by atoms with Crippen molar-refractivity contribution in [2.24, 2.45) is 0 Å². The van der Waals surface area contributed by atoms with Gasteiger partial charge >= 0.3 is 5.97 Å². The van der Waals surface area contributed by atoms with E-state index in [-0.39, 0.29) is 18.5 Å². The van der Waals surface area contributed by atoms with E-state index in [2.05, 4.69) is 10.6 Å². The van der Waals surface area contributed by atoms with Crippen LogP contribution in [0.3, 0.4) is 0 Å². The largest absolute Gasteiger partial charge is 0.497 e. The van der Waals surface area contributed by atoms with E-state index >= 15 is 0 Å². The summed E-state index contributed by atoms with van der Waals surface area (Å²) < 4.78 is 5.02. The summed E-state index contributed by atoms with van der Waals surface area (Å²) in [6, 6.07) is 8.77. The monoisotopic (exact) mass is 303 g/mol. The van der Waals surface area contributed by atoms with Gasteiger partial charge in [-0.25, -0.2) is 0 Å². The van der Waals surface area contributed by atoms with Gasteiger partial charge in [-0.2, -0.15) is 5.26 Å². The molecule has 1 rings (SSSR count). The van der Waals surface area contributed by atoms with Gasteiger partial charge in [0.05, 0.1) is 7.11 Å². The van der Waals surface area contributed by atoms with E-state index in [1.807, 2.05) is 0 Å². The summed E-state index contributed by atoms with van der Waals surface area (Å²) in [6.45, 7) is 0.201. The molecule has 1 amide bonds. The third kappa shape index (κ3) is 5.96. The molecule has 0 unspecified atom stereocenters. The second kappa shape index (κ2) is 9.02. The van der Waals surface area contributed by atoms with Crippen molar-refractivity contribution in [3.8, 4) is 11.8 Å². The van der Waals surface area contributed by atoms with E-state index in [0.717, 1.165) is 0 Å². The maximum atomic E-state index is 11.7. The van der Waals surface area contributed by atoms with Gasteiger partial charge in [0.1, 0.15) is 17.4 Å². The van der Waals surface area contributed by atoms with Gasteiger partial charge in [0.15, 0.2) is 0 Å². The Bertz CT molecular complexity index is 588. The first-order valence-corrected chi connectivity index (χ1v) is 6.57. The van der Waals surface area contributed by atoms with Crippen molar-refractivity contribution in [2.75, 3.05) is 19.0 Å². The molecular weight excluding hydrogens is 286 g/mol. The lowest BCUT2D eigenvalue weighted by Gasteiger charge is -2.05. The lowest BCUT2D eigenvalue weighted by atomic mass is 10.2. The van der Waals surface area contributed by atoms with Crippen molar-refractivity contribution >= 4 is 17.6 Å². The molecule has 0 aliphatic heterocycles. The number of carbonyl (C=O) groups excluding carboxylic acids is 1. The van der Waals surface area contributed by atoms with Crippen LogP contribution >= 0.6 is 0 Å². The van der Waals surface area contributed by atoms with E-state index in [1.54, 1.807) is 37.4 Å². The van der Waals surface area contributed by atoms with Crippen LogP contribution in [0.1, 0.15) is 12.8 Å². The number of anilines is 1. The van der Waals surface area contributed by atoms with Crippen molar-refractivity contribution in [1.29, 1.82) is 5.26 Å². The number of carbonyl (C=O) groups is 2. The standard InChI is InChI=1S/C15H17N3O4/c1-22-13-6-4-12(5-7-13)18-10-11(9-16)15(21)17-8-2-3-14(19)20/h4-7,10,18H,2-3,8H2,1H3,(H,17,21)(H,19,20)/b11-10-. The normalized spacial score (nSPS) is 10.5. The predicted molar refractivity (Wildman–Crippen MR) is 80.2 cm³/mol. The molecule has 0 saturated heterocycles. The second-order valence-corrected chi connectivity index (χ2v) is 4.30. The Morgan fingerprint density at radius 2 is 2.05 bits per heavy atom. The van der Waals surface area contributed by atoms with E-state index in [9.17, 15) is 9.59 Å². The van der Waals surface area contributed by atoms with Gasteiger partial charge in [-0.05, 0) is 30.7 Å². The number of benzene rings is 1. The molecule has 0 aromatic heterocycles. The minimum Gasteiger partial charge on any atom is -0.497 e. The smallest absolute Gasteiger partial charge is 0.303 e. The third-order valence-corrected chi connectivity index (χ3v) is 2.69. The van der Waals surface area contributed by atoms with Crippen molar-refractivity contribution in [3.63, 3.8) is 0 Å². The number of ether oxygens (including phenoxy) is 1. The summed E-state index contributed by atoms with van der Waals surface area (Å²) in [4.78, 5) is 22.1. The molecule has 0 saturated carbocycles. The first-order valence-electron chi connectivity index (χ1n) is 6.57. The zero-order valence-electron chi connectivity index (χ0n) is 12.1. The Morgan fingerprint density at radius 1 is 1.36 bits per heavy atom. The molecule has 1 aromatic carbocycles. The van der Waals surface area contributed by atoms with Crippen LogP contribution in [0.25, 0.3) is 0 Å². The van der Waals surface area contributed by atoms with Gasteiger partial charge in [-0.3, -0.25) is 9.59 Å². The summed E-state index contributed by atoms with van der Waals surface area (Å²) >= 11 is 0. The summed E-state index contributed by atoms with van der Waals surface area (Å²) in [5, 5.41) is 22.8. The molecule has 1 aromatic rings. The molecule has 0 spiro atoms. The number of nitrogens with one attached hydrogen (secondary N) is 2. The van der Waals surface area contributed by atoms with Gasteiger partial charge in [0, 0.05) is 24.9 Å². The maximum absolute atomic E-state index is 11.7. The van der Waals surface area contributed by atoms with Crippen LogP contribution < -0.4 is 15.4 Å². The highest BCUT2D eigenvalue weighted by Crippen LogP contribution is 2.15. The number of nitriles is 1. The number of methoxy groups -OCH3 is 1. The van der Waals surface area contributed by atoms with Gasteiger partial charge in [-0.1, -0.05) is 0 Å². The number of carboxylic acids is 1. The van der Waals surface area contributed by atoms with Crippen molar-refractivity contribution < 1.29 is 19.4 Å². The number of hydrogen-bond acceptors (Lipinski definition) is 5. The van der Waals surface area contributed by atoms with Crippen molar-refractivity contribution in [1.82, 2.24) is 5.32 Å². The summed E-state index contributed by atoms with van der Waals surface area (Å²) in [5.74, 6) is -0.772. The minimum atomic E-state index is -0.925. The third-order valence-electron chi connectivity index (χ3n) is 2.69. The molecule has 3 N–H and O–H groups in total. The average Bonchev–Trinajstić information content (AvgIpc) is 2.52. The summed E-state index contributed by atoms with van der Waals surface area (Å²) in [7, 11) is 1.56. The molecule has 7 nitrogen and oxygen atoms in total. The lowest BCUT2D eigenvalue weighted by molar-refractivity contribution is -0.137. The molecule has 7 heteroatoms. The molecule has 0 aliphatic carbocycles. The molecule has 0 aliphatic rings. The van der Waals surface area contributed by atoms with Crippen LogP contribution in [0.2, 0.25) is 0 Å². The van der Waals surface area contributed by atoms with Gasteiger partial charge in [0.2, 0.25) is 0 Å². The number of carboxylic acid groups (broad SMARTS) is 1. The zero-order valence-corrected chi connectivity index (χ0v) is 12.1. The van der Waals surface area contributed by atoms with E-state index in [1.165, 1.54) is 6.20 Å². The average molecular weight is 303 g/mol. The molecule has 22 heavy (non-hydrogen) atoms. The SMILES string of the molecule is COc1ccc(N/C=C(/C#N)C(=O)NCCCC(=O)O)cc1. The number of amides is 1. The van der Waals surface area contributed by atoms with Crippen LogP contribution in [0.5, 0.6) is 5.75 Å². The molecule has 0 radical (unpaired) electrons. The van der Waals surface area contributed by atoms with Gasteiger partial charge in [-0.15, -0.1) is 0 Å². The Kier molecular flexibility index (Phi) is 6.99. The molecule has 0 heterocycles. The van der Waals surface area contributed by atoms with Crippen molar-refractivity contribution in [3.05, 3.63) is 36.0 Å². The minimum absolute atomic E-state index is 0.0318. The highest BCUT2D eigenvalue weighted by molar-refractivity contribution is 5.97. The van der Waals surface area contributed by atoms with Crippen LogP contribution in [-0.2, 0) is 9.59 Å². The maximum Gasteiger partial charge on any atom is 0.303 e. The number of hydrogen-bond donors (Lipinski definition) is 3. The van der Waals surface area contributed by atoms with E-state index in [0.29, 0.717) is 17.9 Å².